The van der Waals surface area contributed by atoms with Gasteiger partial charge < -0.3 is 10.2 Å². The highest BCUT2D eigenvalue weighted by Gasteiger charge is 2.44. The van der Waals surface area contributed by atoms with Gasteiger partial charge in [0.1, 0.15) is 0 Å². The second-order valence-corrected chi connectivity index (χ2v) is 10.1. The molecule has 1 amide bonds. The number of hydrogen-bond donors (Lipinski definition) is 1. The largest absolute Gasteiger partial charge is 0.317 e. The van der Waals surface area contributed by atoms with Gasteiger partial charge >= 0.3 is 0 Å². The maximum atomic E-state index is 13.3. The lowest BCUT2D eigenvalue weighted by Gasteiger charge is -2.32. The molecule has 1 saturated heterocycles. The van der Waals surface area contributed by atoms with Crippen LogP contribution in [0.2, 0.25) is 0 Å². The minimum Gasteiger partial charge on any atom is -0.317 e. The number of piperidine rings is 1. The minimum atomic E-state index is 0.0982. The van der Waals surface area contributed by atoms with E-state index in [0.29, 0.717) is 18.0 Å². The van der Waals surface area contributed by atoms with Crippen LogP contribution < -0.4 is 10.2 Å². The van der Waals surface area contributed by atoms with Crippen molar-refractivity contribution in [2.45, 2.75) is 43.7 Å². The summed E-state index contributed by atoms with van der Waals surface area (Å²) in [4.78, 5) is 17.9. The van der Waals surface area contributed by atoms with E-state index in [-0.39, 0.29) is 5.91 Å². The molecule has 0 aromatic heterocycles. The SMILES string of the molecule is CN(C1CCNCC1)C1CC1c1ccc2c(c1)CCN2C(=O)c1ccc(-c2ccccc2)cc1. The van der Waals surface area contributed by atoms with Crippen molar-refractivity contribution in [1.82, 2.24) is 10.2 Å². The van der Waals surface area contributed by atoms with E-state index in [0.717, 1.165) is 42.9 Å². The molecule has 1 saturated carbocycles. The van der Waals surface area contributed by atoms with E-state index in [1.54, 1.807) is 0 Å². The third kappa shape index (κ3) is 4.06. The molecule has 34 heavy (non-hydrogen) atoms. The number of carbonyl (C=O) groups is 1. The first kappa shape index (κ1) is 21.6. The highest BCUT2D eigenvalue weighted by molar-refractivity contribution is 6.07. The van der Waals surface area contributed by atoms with E-state index in [1.165, 1.54) is 36.0 Å². The predicted molar refractivity (Wildman–Crippen MR) is 139 cm³/mol. The fourth-order valence-corrected chi connectivity index (χ4v) is 5.93. The van der Waals surface area contributed by atoms with Crippen LogP contribution in [-0.4, -0.2) is 49.6 Å². The van der Waals surface area contributed by atoms with Crippen molar-refractivity contribution in [1.29, 1.82) is 0 Å². The van der Waals surface area contributed by atoms with Crippen molar-refractivity contribution in [2.24, 2.45) is 0 Å². The Bertz CT molecular complexity index is 1170. The van der Waals surface area contributed by atoms with Crippen molar-refractivity contribution in [3.05, 3.63) is 89.5 Å². The first-order valence-electron chi connectivity index (χ1n) is 12.7. The van der Waals surface area contributed by atoms with Crippen LogP contribution in [-0.2, 0) is 6.42 Å². The summed E-state index contributed by atoms with van der Waals surface area (Å²) in [6, 6.07) is 26.5. The molecule has 3 aliphatic rings. The molecule has 2 unspecified atom stereocenters. The van der Waals surface area contributed by atoms with E-state index >= 15 is 0 Å². The molecule has 4 nitrogen and oxygen atoms in total. The Morgan fingerprint density at radius 2 is 1.68 bits per heavy atom. The molecule has 0 bridgehead atoms. The molecular formula is C30H33N3O. The monoisotopic (exact) mass is 451 g/mol. The van der Waals surface area contributed by atoms with Gasteiger partial charge in [0.05, 0.1) is 0 Å². The lowest BCUT2D eigenvalue weighted by molar-refractivity contribution is 0.0989. The summed E-state index contributed by atoms with van der Waals surface area (Å²) in [5.41, 5.74) is 6.92. The van der Waals surface area contributed by atoms with Gasteiger partial charge in [-0.3, -0.25) is 9.69 Å². The normalized spacial score (nSPS) is 22.1. The third-order valence-electron chi connectivity index (χ3n) is 8.08. The Labute approximate surface area is 202 Å². The number of benzene rings is 3. The van der Waals surface area contributed by atoms with Crippen LogP contribution in [0.15, 0.2) is 72.8 Å². The molecule has 0 spiro atoms. The standard InChI is InChI=1S/C30H33N3O/c1-32(26-13-16-31-17-14-26)29-20-27(29)24-11-12-28-25(19-24)15-18-33(28)30(34)23-9-7-22(8-10-23)21-5-3-2-4-6-21/h2-12,19,26-27,29,31H,13-18,20H2,1H3. The fraction of sp³-hybridized carbons (Fsp3) is 0.367. The first-order valence-corrected chi connectivity index (χ1v) is 12.7. The van der Waals surface area contributed by atoms with Gasteiger partial charge in [-0.2, -0.15) is 0 Å². The topological polar surface area (TPSA) is 35.6 Å². The molecule has 174 valence electrons. The molecule has 2 aliphatic heterocycles. The highest BCUT2D eigenvalue weighted by Crippen LogP contribution is 2.47. The van der Waals surface area contributed by atoms with Crippen LogP contribution in [0.4, 0.5) is 5.69 Å². The summed E-state index contributed by atoms with van der Waals surface area (Å²) >= 11 is 0. The molecule has 6 rings (SSSR count). The maximum absolute atomic E-state index is 13.3. The van der Waals surface area contributed by atoms with Crippen molar-refractivity contribution < 1.29 is 4.79 Å². The average molecular weight is 452 g/mol. The molecule has 3 aromatic carbocycles. The summed E-state index contributed by atoms with van der Waals surface area (Å²) in [6.07, 6.45) is 4.72. The van der Waals surface area contributed by atoms with E-state index in [1.807, 2.05) is 35.2 Å². The van der Waals surface area contributed by atoms with Gasteiger partial charge in [0.15, 0.2) is 0 Å². The number of rotatable bonds is 5. The molecule has 4 heteroatoms. The lowest BCUT2D eigenvalue weighted by atomic mass is 10.0. The molecule has 3 aromatic rings. The molecular weight excluding hydrogens is 418 g/mol. The lowest BCUT2D eigenvalue weighted by Crippen LogP contribution is -2.42. The highest BCUT2D eigenvalue weighted by atomic mass is 16.2. The number of amides is 1. The zero-order valence-electron chi connectivity index (χ0n) is 19.9. The summed E-state index contributed by atoms with van der Waals surface area (Å²) < 4.78 is 0. The minimum absolute atomic E-state index is 0.0982. The third-order valence-corrected chi connectivity index (χ3v) is 8.08. The van der Waals surface area contributed by atoms with Gasteiger partial charge in [-0.05, 0) is 86.3 Å². The zero-order valence-corrected chi connectivity index (χ0v) is 19.9. The quantitative estimate of drug-likeness (QED) is 0.587. The smallest absolute Gasteiger partial charge is 0.258 e. The Kier molecular flexibility index (Phi) is 5.72. The van der Waals surface area contributed by atoms with Crippen molar-refractivity contribution in [3.63, 3.8) is 0 Å². The van der Waals surface area contributed by atoms with E-state index < -0.39 is 0 Å². The average Bonchev–Trinajstić information content (AvgIpc) is 3.60. The fourth-order valence-electron chi connectivity index (χ4n) is 5.93. The van der Waals surface area contributed by atoms with Crippen LogP contribution in [0.5, 0.6) is 0 Å². The molecule has 2 heterocycles. The van der Waals surface area contributed by atoms with Gasteiger partial charge in [0.25, 0.3) is 5.91 Å². The Morgan fingerprint density at radius 1 is 0.941 bits per heavy atom. The van der Waals surface area contributed by atoms with Crippen molar-refractivity contribution in [3.8, 4) is 11.1 Å². The maximum Gasteiger partial charge on any atom is 0.258 e. The first-order chi connectivity index (χ1) is 16.7. The summed E-state index contributed by atoms with van der Waals surface area (Å²) in [5, 5.41) is 3.48. The van der Waals surface area contributed by atoms with E-state index in [9.17, 15) is 4.79 Å². The van der Waals surface area contributed by atoms with Gasteiger partial charge in [-0.15, -0.1) is 0 Å². The second-order valence-electron chi connectivity index (χ2n) is 10.1. The number of likely N-dealkylation sites (N-methyl/N-ethyl adjacent to an activating group) is 1. The number of nitrogens with zero attached hydrogens (tertiary/aromatic N) is 2. The van der Waals surface area contributed by atoms with E-state index in [2.05, 4.69) is 59.7 Å². The number of fused-ring (bicyclic) bond motifs is 1. The van der Waals surface area contributed by atoms with Crippen molar-refractivity contribution in [2.75, 3.05) is 31.6 Å². The summed E-state index contributed by atoms with van der Waals surface area (Å²) in [5.74, 6) is 0.738. The predicted octanol–water partition coefficient (Wildman–Crippen LogP) is 5.10. The molecule has 1 aliphatic carbocycles. The number of nitrogens with one attached hydrogen (secondary N) is 1. The molecule has 2 fully saturated rings. The second kappa shape index (κ2) is 9.01. The number of hydrogen-bond acceptors (Lipinski definition) is 3. The van der Waals surface area contributed by atoms with Crippen LogP contribution in [0.1, 0.15) is 46.7 Å². The van der Waals surface area contributed by atoms with Crippen LogP contribution in [0.3, 0.4) is 0 Å². The molecule has 0 radical (unpaired) electrons. The van der Waals surface area contributed by atoms with Gasteiger partial charge in [-0.1, -0.05) is 54.6 Å². The molecule has 2 atom stereocenters. The van der Waals surface area contributed by atoms with Crippen LogP contribution in [0, 0.1) is 0 Å². The number of carbonyl (C=O) groups excluding carboxylic acids is 1. The summed E-state index contributed by atoms with van der Waals surface area (Å²) in [7, 11) is 2.32. The van der Waals surface area contributed by atoms with Gasteiger partial charge in [-0.25, -0.2) is 0 Å². The van der Waals surface area contributed by atoms with Gasteiger partial charge in [0, 0.05) is 35.8 Å². The molecule has 1 N–H and O–H groups in total. The zero-order chi connectivity index (χ0) is 23.1. The van der Waals surface area contributed by atoms with Crippen LogP contribution >= 0.6 is 0 Å². The van der Waals surface area contributed by atoms with Gasteiger partial charge in [0.2, 0.25) is 0 Å². The van der Waals surface area contributed by atoms with E-state index in [4.69, 9.17) is 0 Å². The summed E-state index contributed by atoms with van der Waals surface area (Å²) in [6.45, 7) is 3.05. The Hall–Kier alpha value is -2.95. The number of anilines is 1. The van der Waals surface area contributed by atoms with Crippen LogP contribution in [0.25, 0.3) is 11.1 Å². The van der Waals surface area contributed by atoms with Crippen molar-refractivity contribution >= 4 is 11.6 Å². The Balaban J connectivity index is 1.14. The Morgan fingerprint density at radius 3 is 2.44 bits per heavy atom.